The lowest BCUT2D eigenvalue weighted by molar-refractivity contribution is -0.104. The van der Waals surface area contributed by atoms with Crippen molar-refractivity contribution in [2.24, 2.45) is 0 Å². The number of carbonyl (C=O) groups is 1. The van der Waals surface area contributed by atoms with Crippen LogP contribution in [0.5, 0.6) is 5.75 Å². The van der Waals surface area contributed by atoms with Gasteiger partial charge in [0.1, 0.15) is 23.7 Å². The van der Waals surface area contributed by atoms with Gasteiger partial charge in [-0.25, -0.2) is 0 Å². The molecule has 1 rings (SSSR count). The predicted octanol–water partition coefficient (Wildman–Crippen LogP) is 1.78. The molecule has 0 N–H and O–H groups in total. The summed E-state index contributed by atoms with van der Waals surface area (Å²) in [7, 11) is 1.50. The number of allylic oxidation sites excluding steroid dienone is 1. The highest BCUT2D eigenvalue weighted by atomic mass is 16.5. The lowest BCUT2D eigenvalue weighted by Crippen LogP contribution is -1.90. The van der Waals surface area contributed by atoms with Crippen LogP contribution in [-0.4, -0.2) is 13.4 Å². The average molecular weight is 187 g/mol. The lowest BCUT2D eigenvalue weighted by atomic mass is 10.1. The average Bonchev–Trinajstić information content (AvgIpc) is 2.25. The van der Waals surface area contributed by atoms with Crippen LogP contribution in [0.3, 0.4) is 0 Å². The van der Waals surface area contributed by atoms with Gasteiger partial charge >= 0.3 is 0 Å². The van der Waals surface area contributed by atoms with E-state index < -0.39 is 0 Å². The maximum Gasteiger partial charge on any atom is 0.142 e. The molecule has 0 atom stereocenters. The summed E-state index contributed by atoms with van der Waals surface area (Å²) in [6.07, 6.45) is 3.59. The Labute approximate surface area is 82.2 Å². The summed E-state index contributed by atoms with van der Waals surface area (Å²) in [5, 5.41) is 8.88. The Bertz CT molecular complexity index is 402. The van der Waals surface area contributed by atoms with Crippen molar-refractivity contribution in [2.75, 3.05) is 7.11 Å². The Kier molecular flexibility index (Phi) is 3.45. The van der Waals surface area contributed by atoms with E-state index in [0.29, 0.717) is 23.2 Å². The van der Waals surface area contributed by atoms with Gasteiger partial charge in [0.15, 0.2) is 0 Å². The van der Waals surface area contributed by atoms with Crippen LogP contribution < -0.4 is 4.74 Å². The molecule has 1 aromatic carbocycles. The third-order valence-corrected chi connectivity index (χ3v) is 1.74. The zero-order valence-corrected chi connectivity index (χ0v) is 7.73. The van der Waals surface area contributed by atoms with Crippen LogP contribution in [0.1, 0.15) is 11.1 Å². The molecule has 0 heterocycles. The molecule has 0 aromatic heterocycles. The molecule has 0 saturated heterocycles. The van der Waals surface area contributed by atoms with Gasteiger partial charge in [-0.05, 0) is 17.7 Å². The molecule has 0 radical (unpaired) electrons. The number of hydrogen-bond donors (Lipinski definition) is 0. The van der Waals surface area contributed by atoms with E-state index in [1.54, 1.807) is 24.3 Å². The summed E-state index contributed by atoms with van der Waals surface area (Å²) in [6, 6.07) is 7.26. The highest BCUT2D eigenvalue weighted by molar-refractivity contribution is 5.76. The molecule has 0 amide bonds. The molecule has 0 aliphatic carbocycles. The van der Waals surface area contributed by atoms with Crippen LogP contribution in [0, 0.1) is 11.3 Å². The molecular weight excluding hydrogens is 178 g/mol. The van der Waals surface area contributed by atoms with Crippen LogP contribution in [-0.2, 0) is 4.79 Å². The van der Waals surface area contributed by atoms with Crippen LogP contribution >= 0.6 is 0 Å². The summed E-state index contributed by atoms with van der Waals surface area (Å²) in [5.74, 6) is 0.514. The van der Waals surface area contributed by atoms with Crippen LogP contribution in [0.25, 0.3) is 6.08 Å². The Balaban J connectivity index is 3.23. The van der Waals surface area contributed by atoms with E-state index in [4.69, 9.17) is 10.00 Å². The van der Waals surface area contributed by atoms with E-state index in [0.717, 1.165) is 0 Å². The monoisotopic (exact) mass is 187 g/mol. The minimum absolute atomic E-state index is 0.438. The fourth-order valence-electron chi connectivity index (χ4n) is 1.12. The van der Waals surface area contributed by atoms with E-state index in [2.05, 4.69) is 0 Å². The third kappa shape index (κ3) is 1.99. The summed E-state index contributed by atoms with van der Waals surface area (Å²) >= 11 is 0. The Hall–Kier alpha value is -2.08. The molecule has 0 unspecified atom stereocenters. The maximum atomic E-state index is 10.1. The largest absolute Gasteiger partial charge is 0.495 e. The first-order chi connectivity index (χ1) is 6.83. The van der Waals surface area contributed by atoms with Crippen molar-refractivity contribution in [3.05, 3.63) is 35.4 Å². The van der Waals surface area contributed by atoms with Crippen LogP contribution in [0.15, 0.2) is 24.3 Å². The minimum Gasteiger partial charge on any atom is -0.495 e. The molecule has 0 aliphatic heterocycles. The Morgan fingerprint density at radius 1 is 1.50 bits per heavy atom. The van der Waals surface area contributed by atoms with Gasteiger partial charge in [0, 0.05) is 0 Å². The van der Waals surface area contributed by atoms with Gasteiger partial charge in [-0.3, -0.25) is 4.79 Å². The number of rotatable bonds is 3. The van der Waals surface area contributed by atoms with Crippen molar-refractivity contribution in [1.82, 2.24) is 0 Å². The number of methoxy groups -OCH3 is 1. The van der Waals surface area contributed by atoms with Crippen molar-refractivity contribution < 1.29 is 9.53 Å². The Morgan fingerprint density at radius 2 is 2.29 bits per heavy atom. The van der Waals surface area contributed by atoms with Gasteiger partial charge in [-0.1, -0.05) is 18.2 Å². The number of nitriles is 1. The summed E-state index contributed by atoms with van der Waals surface area (Å²) < 4.78 is 5.01. The number of ether oxygens (including phenoxy) is 1. The molecule has 14 heavy (non-hydrogen) atoms. The standard InChI is InChI=1S/C11H9NO2/c1-14-11-6-2-4-9(5-3-7-13)10(11)8-12/h2-7H,1H3. The fraction of sp³-hybridized carbons (Fsp3) is 0.0909. The predicted molar refractivity (Wildman–Crippen MR) is 52.8 cm³/mol. The van der Waals surface area contributed by atoms with E-state index in [1.165, 1.54) is 13.2 Å². The number of benzene rings is 1. The first kappa shape index (κ1) is 10.0. The van der Waals surface area contributed by atoms with Crippen molar-refractivity contribution in [3.63, 3.8) is 0 Å². The zero-order valence-electron chi connectivity index (χ0n) is 7.73. The smallest absolute Gasteiger partial charge is 0.142 e. The molecule has 0 spiro atoms. The van der Waals surface area contributed by atoms with Gasteiger partial charge in [0.2, 0.25) is 0 Å². The minimum atomic E-state index is 0.438. The fourth-order valence-corrected chi connectivity index (χ4v) is 1.12. The van der Waals surface area contributed by atoms with Crippen molar-refractivity contribution >= 4 is 12.4 Å². The Morgan fingerprint density at radius 3 is 2.86 bits per heavy atom. The summed E-state index contributed by atoms with van der Waals surface area (Å²) in [4.78, 5) is 10.1. The van der Waals surface area contributed by atoms with Crippen molar-refractivity contribution in [1.29, 1.82) is 5.26 Å². The van der Waals surface area contributed by atoms with E-state index in [1.807, 2.05) is 6.07 Å². The second-order valence-corrected chi connectivity index (χ2v) is 2.53. The van der Waals surface area contributed by atoms with E-state index in [9.17, 15) is 4.79 Å². The number of aldehydes is 1. The normalized spacial score (nSPS) is 9.71. The van der Waals surface area contributed by atoms with Gasteiger partial charge < -0.3 is 4.74 Å². The molecule has 0 fully saturated rings. The maximum absolute atomic E-state index is 10.1. The van der Waals surface area contributed by atoms with Gasteiger partial charge in [-0.15, -0.1) is 0 Å². The van der Waals surface area contributed by atoms with Gasteiger partial charge in [-0.2, -0.15) is 5.26 Å². The van der Waals surface area contributed by atoms with Crippen molar-refractivity contribution in [2.45, 2.75) is 0 Å². The molecule has 0 bridgehead atoms. The SMILES string of the molecule is COc1cccc(C=CC=O)c1C#N. The molecule has 70 valence electrons. The van der Waals surface area contributed by atoms with E-state index in [-0.39, 0.29) is 0 Å². The second-order valence-electron chi connectivity index (χ2n) is 2.53. The topological polar surface area (TPSA) is 50.1 Å². The quantitative estimate of drug-likeness (QED) is 0.535. The van der Waals surface area contributed by atoms with Gasteiger partial charge in [0.05, 0.1) is 7.11 Å². The molecule has 0 aliphatic rings. The van der Waals surface area contributed by atoms with Crippen LogP contribution in [0.4, 0.5) is 0 Å². The number of hydrogen-bond acceptors (Lipinski definition) is 3. The van der Waals surface area contributed by atoms with Crippen LogP contribution in [0.2, 0.25) is 0 Å². The molecule has 3 nitrogen and oxygen atoms in total. The number of nitrogens with zero attached hydrogens (tertiary/aromatic N) is 1. The summed E-state index contributed by atoms with van der Waals surface area (Å²) in [5.41, 5.74) is 1.12. The lowest BCUT2D eigenvalue weighted by Gasteiger charge is -2.03. The molecule has 3 heteroatoms. The van der Waals surface area contributed by atoms with Gasteiger partial charge in [0.25, 0.3) is 0 Å². The number of carbonyl (C=O) groups excluding carboxylic acids is 1. The molecular formula is C11H9NO2. The second kappa shape index (κ2) is 4.83. The highest BCUT2D eigenvalue weighted by Gasteiger charge is 2.04. The molecule has 1 aromatic rings. The van der Waals surface area contributed by atoms with Crippen molar-refractivity contribution in [3.8, 4) is 11.8 Å². The first-order valence-electron chi connectivity index (χ1n) is 4.02. The highest BCUT2D eigenvalue weighted by Crippen LogP contribution is 2.21. The molecule has 0 saturated carbocycles. The summed E-state index contributed by atoms with van der Waals surface area (Å²) in [6.45, 7) is 0. The van der Waals surface area contributed by atoms with E-state index >= 15 is 0 Å². The first-order valence-corrected chi connectivity index (χ1v) is 4.02. The third-order valence-electron chi connectivity index (χ3n) is 1.74. The zero-order chi connectivity index (χ0) is 10.4.